The molecule has 196 valence electrons. The summed E-state index contributed by atoms with van der Waals surface area (Å²) in [4.78, 5) is 18.1. The van der Waals surface area contributed by atoms with Gasteiger partial charge in [-0.25, -0.2) is 9.78 Å². The van der Waals surface area contributed by atoms with E-state index in [4.69, 9.17) is 18.9 Å². The molecule has 1 N–H and O–H groups in total. The molecule has 3 heterocycles. The monoisotopic (exact) mass is 509 g/mol. The third-order valence-corrected chi connectivity index (χ3v) is 6.46. The second-order valence-electron chi connectivity index (χ2n) is 9.02. The first-order chi connectivity index (χ1) is 17.3. The lowest BCUT2D eigenvalue weighted by molar-refractivity contribution is -0.220. The summed E-state index contributed by atoms with van der Waals surface area (Å²) >= 11 is 0. The van der Waals surface area contributed by atoms with Crippen molar-refractivity contribution in [1.29, 1.82) is 0 Å². The van der Waals surface area contributed by atoms with Gasteiger partial charge in [-0.15, -0.1) is 0 Å². The Hall–Kier alpha value is -3.05. The number of methoxy groups -OCH3 is 1. The van der Waals surface area contributed by atoms with Crippen LogP contribution in [-0.4, -0.2) is 73.3 Å². The summed E-state index contributed by atoms with van der Waals surface area (Å²) in [6.45, 7) is 0.177. The van der Waals surface area contributed by atoms with Gasteiger partial charge >= 0.3 is 12.3 Å². The number of nitrogens with zero attached hydrogens (tertiary/aromatic N) is 2. The van der Waals surface area contributed by atoms with Gasteiger partial charge in [-0.1, -0.05) is 18.2 Å². The van der Waals surface area contributed by atoms with Gasteiger partial charge in [0.25, 0.3) is 0 Å². The molecule has 1 aromatic carbocycles. The third-order valence-electron chi connectivity index (χ3n) is 6.46. The van der Waals surface area contributed by atoms with Crippen molar-refractivity contribution >= 4 is 11.9 Å². The maximum absolute atomic E-state index is 13.5. The van der Waals surface area contributed by atoms with E-state index < -0.39 is 30.6 Å². The molecular formula is C25H30F3N3O5. The Morgan fingerprint density at radius 3 is 2.61 bits per heavy atom. The molecule has 2 unspecified atom stereocenters. The minimum Gasteiger partial charge on any atom is -0.497 e. The summed E-state index contributed by atoms with van der Waals surface area (Å²) in [5.74, 6) is 1.39. The van der Waals surface area contributed by atoms with Crippen LogP contribution in [0.2, 0.25) is 0 Å². The van der Waals surface area contributed by atoms with Crippen molar-refractivity contribution in [3.05, 3.63) is 54.2 Å². The van der Waals surface area contributed by atoms with Crippen LogP contribution >= 0.6 is 0 Å². The maximum Gasteiger partial charge on any atom is 0.427 e. The van der Waals surface area contributed by atoms with Gasteiger partial charge in [0, 0.05) is 19.3 Å². The van der Waals surface area contributed by atoms with Crippen molar-refractivity contribution in [2.24, 2.45) is 0 Å². The fourth-order valence-electron chi connectivity index (χ4n) is 4.44. The number of hydrogen-bond donors (Lipinski definition) is 1. The lowest BCUT2D eigenvalue weighted by Gasteiger charge is -2.38. The highest BCUT2D eigenvalue weighted by Gasteiger charge is 2.46. The minimum atomic E-state index is -4.74. The molecule has 2 aliphatic heterocycles. The number of ether oxygens (including phenoxy) is 4. The number of rotatable bonds is 8. The van der Waals surface area contributed by atoms with Crippen molar-refractivity contribution in [2.45, 2.75) is 49.8 Å². The van der Waals surface area contributed by atoms with Crippen LogP contribution in [0.25, 0.3) is 0 Å². The van der Waals surface area contributed by atoms with Gasteiger partial charge in [-0.05, 0) is 49.1 Å². The van der Waals surface area contributed by atoms with E-state index in [1.54, 1.807) is 30.5 Å². The zero-order chi connectivity index (χ0) is 25.6. The summed E-state index contributed by atoms with van der Waals surface area (Å²) in [7, 11) is 1.52. The fourth-order valence-corrected chi connectivity index (χ4v) is 4.44. The van der Waals surface area contributed by atoms with Gasteiger partial charge < -0.3 is 29.2 Å². The highest BCUT2D eigenvalue weighted by Crippen LogP contribution is 2.37. The topological polar surface area (TPSA) is 82.2 Å². The number of carbonyl (C=O) groups is 1. The first-order valence-corrected chi connectivity index (χ1v) is 11.8. The lowest BCUT2D eigenvalue weighted by atomic mass is 9.87. The Kier molecular flexibility index (Phi) is 8.20. The number of benzene rings is 1. The smallest absolute Gasteiger partial charge is 0.427 e. The molecule has 2 aliphatic rings. The molecule has 2 atom stereocenters. The number of hydrogen-bond acceptors (Lipinski definition) is 7. The van der Waals surface area contributed by atoms with Crippen molar-refractivity contribution in [2.75, 3.05) is 38.7 Å². The predicted octanol–water partition coefficient (Wildman–Crippen LogP) is 4.41. The number of likely N-dealkylation sites (tertiary alicyclic amines) is 1. The van der Waals surface area contributed by atoms with E-state index in [0.29, 0.717) is 30.8 Å². The van der Waals surface area contributed by atoms with Gasteiger partial charge in [0.1, 0.15) is 11.6 Å². The Morgan fingerprint density at radius 2 is 1.97 bits per heavy atom. The molecule has 1 spiro atoms. The number of pyridine rings is 1. The first-order valence-electron chi connectivity index (χ1n) is 11.8. The minimum absolute atomic E-state index is 0.0502. The largest absolute Gasteiger partial charge is 0.497 e. The van der Waals surface area contributed by atoms with Crippen LogP contribution in [0.3, 0.4) is 0 Å². The van der Waals surface area contributed by atoms with Crippen LogP contribution in [-0.2, 0) is 20.8 Å². The average molecular weight is 510 g/mol. The summed E-state index contributed by atoms with van der Waals surface area (Å²) in [5, 5.41) is 3.34. The number of halogens is 3. The van der Waals surface area contributed by atoms with Gasteiger partial charge in [0.15, 0.2) is 0 Å². The highest BCUT2D eigenvalue weighted by atomic mass is 19.4. The van der Waals surface area contributed by atoms with E-state index in [2.05, 4.69) is 10.3 Å². The SMILES string of the molecule is COc1ccc(COCC(OC(=O)N2CCC3(CC2)CC(Nc2ccccn2)CO3)C(F)(F)F)cc1. The number of nitrogens with one attached hydrogen (secondary N) is 1. The summed E-state index contributed by atoms with van der Waals surface area (Å²) in [5.41, 5.74) is 0.269. The fraction of sp³-hybridized carbons (Fsp3) is 0.520. The maximum atomic E-state index is 13.5. The van der Waals surface area contributed by atoms with Gasteiger partial charge in [-0.2, -0.15) is 13.2 Å². The van der Waals surface area contributed by atoms with Crippen molar-refractivity contribution in [1.82, 2.24) is 9.88 Å². The molecule has 0 bridgehead atoms. The summed E-state index contributed by atoms with van der Waals surface area (Å²) in [6, 6.07) is 12.4. The van der Waals surface area contributed by atoms with Crippen LogP contribution < -0.4 is 10.1 Å². The molecule has 11 heteroatoms. The Bertz CT molecular complexity index is 983. The normalized spacial score (nSPS) is 20.2. The molecule has 1 aromatic heterocycles. The third kappa shape index (κ3) is 6.79. The van der Waals surface area contributed by atoms with Gasteiger partial charge in [0.05, 0.1) is 38.6 Å². The van der Waals surface area contributed by atoms with E-state index in [9.17, 15) is 18.0 Å². The number of carbonyl (C=O) groups excluding carboxylic acids is 1. The molecule has 2 fully saturated rings. The van der Waals surface area contributed by atoms with E-state index in [1.807, 2.05) is 18.2 Å². The van der Waals surface area contributed by atoms with E-state index in [0.717, 1.165) is 12.2 Å². The highest BCUT2D eigenvalue weighted by molar-refractivity contribution is 5.68. The quantitative estimate of drug-likeness (QED) is 0.565. The van der Waals surface area contributed by atoms with Crippen LogP contribution in [0.5, 0.6) is 5.75 Å². The van der Waals surface area contributed by atoms with Gasteiger partial charge in [-0.3, -0.25) is 0 Å². The summed E-state index contributed by atoms with van der Waals surface area (Å²) in [6.07, 6.45) is -4.62. The van der Waals surface area contributed by atoms with Gasteiger partial charge in [0.2, 0.25) is 6.10 Å². The van der Waals surface area contributed by atoms with Crippen LogP contribution in [0.4, 0.5) is 23.8 Å². The van der Waals surface area contributed by atoms with Crippen molar-refractivity contribution in [3.63, 3.8) is 0 Å². The molecule has 8 nitrogen and oxygen atoms in total. The summed E-state index contributed by atoms with van der Waals surface area (Å²) < 4.78 is 61.7. The van der Waals surface area contributed by atoms with E-state index in [-0.39, 0.29) is 25.7 Å². The predicted molar refractivity (Wildman–Crippen MR) is 125 cm³/mol. The molecule has 4 rings (SSSR count). The molecule has 36 heavy (non-hydrogen) atoms. The van der Waals surface area contributed by atoms with Crippen LogP contribution in [0, 0.1) is 0 Å². The molecule has 0 radical (unpaired) electrons. The molecule has 0 aliphatic carbocycles. The zero-order valence-corrected chi connectivity index (χ0v) is 20.0. The van der Waals surface area contributed by atoms with Crippen LogP contribution in [0.15, 0.2) is 48.7 Å². The molecule has 2 aromatic rings. The Labute approximate surface area is 207 Å². The Morgan fingerprint density at radius 1 is 1.22 bits per heavy atom. The first kappa shape index (κ1) is 26.0. The molecule has 1 amide bonds. The Balaban J connectivity index is 1.24. The average Bonchev–Trinajstić information content (AvgIpc) is 3.25. The number of anilines is 1. The molecule has 2 saturated heterocycles. The number of alkyl halides is 3. The number of aromatic nitrogens is 1. The van der Waals surface area contributed by atoms with E-state index in [1.165, 1.54) is 12.0 Å². The second-order valence-corrected chi connectivity index (χ2v) is 9.02. The van der Waals surface area contributed by atoms with Crippen LogP contribution in [0.1, 0.15) is 24.8 Å². The van der Waals surface area contributed by atoms with Crippen molar-refractivity contribution in [3.8, 4) is 5.75 Å². The van der Waals surface area contributed by atoms with Crippen molar-refractivity contribution < 1.29 is 36.9 Å². The number of piperidine rings is 1. The second kappa shape index (κ2) is 11.3. The molecule has 0 saturated carbocycles. The molecular weight excluding hydrogens is 479 g/mol. The lowest BCUT2D eigenvalue weighted by Crippen LogP contribution is -2.49. The number of amides is 1. The van der Waals surface area contributed by atoms with E-state index >= 15 is 0 Å². The standard InChI is InChI=1S/C25H30F3N3O5/c1-33-20-7-5-18(6-8-20)15-34-17-21(25(26,27)28)36-23(32)31-12-9-24(10-13-31)14-19(16-35-24)30-22-4-2-3-11-29-22/h2-8,11,19,21H,9-10,12-17H2,1H3,(H,29,30). The zero-order valence-electron chi connectivity index (χ0n) is 20.0.